The molecule has 0 spiro atoms. The molecule has 8 heteroatoms. The summed E-state index contributed by atoms with van der Waals surface area (Å²) in [5.74, 6) is -1.34. The fraction of sp³-hybridized carbons (Fsp3) is 0.727. The van der Waals surface area contributed by atoms with Crippen LogP contribution in [0.4, 0.5) is 18.0 Å². The van der Waals surface area contributed by atoms with Crippen LogP contribution in [0.25, 0.3) is 0 Å². The molecule has 1 N–H and O–H groups in total. The van der Waals surface area contributed by atoms with Crippen molar-refractivity contribution in [3.8, 4) is 0 Å². The molecule has 0 aromatic heterocycles. The van der Waals surface area contributed by atoms with Gasteiger partial charge in [0.1, 0.15) is 5.78 Å². The first-order chi connectivity index (χ1) is 8.59. The van der Waals surface area contributed by atoms with E-state index in [0.717, 1.165) is 0 Å². The van der Waals surface area contributed by atoms with E-state index in [4.69, 9.17) is 0 Å². The zero-order valence-electron chi connectivity index (χ0n) is 10.6. The van der Waals surface area contributed by atoms with Crippen molar-refractivity contribution in [3.63, 3.8) is 0 Å². The molecule has 0 aromatic carbocycles. The summed E-state index contributed by atoms with van der Waals surface area (Å²) in [4.78, 5) is 34.3. The molecular weight excluding hydrogens is 265 g/mol. The molecule has 3 amide bonds. The Kier molecular flexibility index (Phi) is 4.21. The van der Waals surface area contributed by atoms with Gasteiger partial charge in [-0.3, -0.25) is 9.69 Å². The zero-order valence-corrected chi connectivity index (χ0v) is 10.6. The van der Waals surface area contributed by atoms with Gasteiger partial charge in [-0.1, -0.05) is 0 Å². The molecule has 0 bridgehead atoms. The molecule has 1 atom stereocenters. The number of carbonyl (C=O) groups is 3. The van der Waals surface area contributed by atoms with Gasteiger partial charge in [-0.05, 0) is 26.7 Å². The lowest BCUT2D eigenvalue weighted by Gasteiger charge is -2.24. The number of Topliss-reactive ketones (excluding diaryl/α,β-unsaturated/α-hetero) is 1. The van der Waals surface area contributed by atoms with Gasteiger partial charge in [0.15, 0.2) is 0 Å². The second kappa shape index (κ2) is 5.18. The Morgan fingerprint density at radius 2 is 1.89 bits per heavy atom. The molecular formula is C11H15F3N2O3. The average molecular weight is 280 g/mol. The number of imide groups is 1. The Hall–Kier alpha value is -1.60. The number of amides is 3. The topological polar surface area (TPSA) is 66.5 Å². The first-order valence-corrected chi connectivity index (χ1v) is 5.80. The number of nitrogens with zero attached hydrogens (tertiary/aromatic N) is 1. The standard InChI is InChI=1S/C11H15F3N2O3/c1-7(17)5-3-4-6-16-8(18)10(2,11(12,13)14)15-9(16)19/h3-6H2,1-2H3,(H,15,19). The van der Waals surface area contributed by atoms with Gasteiger partial charge < -0.3 is 10.1 Å². The number of carbonyl (C=O) groups excluding carboxylic acids is 3. The van der Waals surface area contributed by atoms with Crippen LogP contribution in [0.2, 0.25) is 0 Å². The van der Waals surface area contributed by atoms with Gasteiger partial charge in [-0.15, -0.1) is 0 Å². The van der Waals surface area contributed by atoms with Gasteiger partial charge in [-0.25, -0.2) is 4.79 Å². The molecule has 0 saturated carbocycles. The Morgan fingerprint density at radius 1 is 1.32 bits per heavy atom. The molecule has 0 aromatic rings. The number of urea groups is 1. The molecule has 19 heavy (non-hydrogen) atoms. The molecule has 5 nitrogen and oxygen atoms in total. The molecule has 1 heterocycles. The van der Waals surface area contributed by atoms with Crippen molar-refractivity contribution < 1.29 is 27.6 Å². The SMILES string of the molecule is CC(=O)CCCCN1C(=O)NC(C)(C(F)(F)F)C1=O. The highest BCUT2D eigenvalue weighted by Crippen LogP contribution is 2.35. The van der Waals surface area contributed by atoms with Gasteiger partial charge in [0, 0.05) is 13.0 Å². The van der Waals surface area contributed by atoms with Crippen LogP contribution in [-0.4, -0.2) is 40.9 Å². The lowest BCUT2D eigenvalue weighted by molar-refractivity contribution is -0.191. The summed E-state index contributed by atoms with van der Waals surface area (Å²) in [7, 11) is 0. The molecule has 1 aliphatic heterocycles. The Balaban J connectivity index is 2.65. The molecule has 1 saturated heterocycles. The molecule has 1 unspecified atom stereocenters. The van der Waals surface area contributed by atoms with Gasteiger partial charge in [0.05, 0.1) is 0 Å². The lowest BCUT2D eigenvalue weighted by atomic mass is 10.0. The van der Waals surface area contributed by atoms with E-state index in [1.807, 2.05) is 0 Å². The minimum absolute atomic E-state index is 0.0441. The van der Waals surface area contributed by atoms with E-state index in [-0.39, 0.29) is 18.7 Å². The first kappa shape index (κ1) is 15.5. The van der Waals surface area contributed by atoms with Crippen LogP contribution in [-0.2, 0) is 9.59 Å². The van der Waals surface area contributed by atoms with Crippen molar-refractivity contribution in [1.29, 1.82) is 0 Å². The summed E-state index contributed by atoms with van der Waals surface area (Å²) in [6, 6.07) is -1.05. The predicted molar refractivity (Wildman–Crippen MR) is 59.2 cm³/mol. The van der Waals surface area contributed by atoms with Crippen molar-refractivity contribution in [1.82, 2.24) is 10.2 Å². The minimum atomic E-state index is -4.84. The van der Waals surface area contributed by atoms with Gasteiger partial charge in [0.2, 0.25) is 5.54 Å². The van der Waals surface area contributed by atoms with E-state index < -0.39 is 23.7 Å². The smallest absolute Gasteiger partial charge is 0.316 e. The molecule has 0 aliphatic carbocycles. The van der Waals surface area contributed by atoms with E-state index >= 15 is 0 Å². The van der Waals surface area contributed by atoms with E-state index in [1.165, 1.54) is 6.92 Å². The number of halogens is 3. The van der Waals surface area contributed by atoms with E-state index in [0.29, 0.717) is 24.7 Å². The van der Waals surface area contributed by atoms with Crippen molar-refractivity contribution >= 4 is 17.7 Å². The average Bonchev–Trinajstić information content (AvgIpc) is 2.46. The summed E-state index contributed by atoms with van der Waals surface area (Å²) < 4.78 is 38.2. The van der Waals surface area contributed by atoms with Gasteiger partial charge in [-0.2, -0.15) is 13.2 Å². The van der Waals surface area contributed by atoms with Crippen LogP contribution in [0.15, 0.2) is 0 Å². The molecule has 1 rings (SSSR count). The van der Waals surface area contributed by atoms with Crippen molar-refractivity contribution in [2.75, 3.05) is 6.54 Å². The summed E-state index contributed by atoms with van der Waals surface area (Å²) >= 11 is 0. The summed E-state index contributed by atoms with van der Waals surface area (Å²) in [5, 5.41) is 1.67. The highest BCUT2D eigenvalue weighted by atomic mass is 19.4. The fourth-order valence-electron chi connectivity index (χ4n) is 1.74. The van der Waals surface area contributed by atoms with Crippen LogP contribution in [0.5, 0.6) is 0 Å². The Bertz CT molecular complexity index is 408. The second-order valence-corrected chi connectivity index (χ2v) is 4.67. The summed E-state index contributed by atoms with van der Waals surface area (Å²) in [6.07, 6.45) is -3.84. The van der Waals surface area contributed by atoms with Crippen LogP contribution >= 0.6 is 0 Å². The number of nitrogens with one attached hydrogen (secondary N) is 1. The highest BCUT2D eigenvalue weighted by Gasteiger charge is 2.64. The fourth-order valence-corrected chi connectivity index (χ4v) is 1.74. The Morgan fingerprint density at radius 3 is 2.32 bits per heavy atom. The largest absolute Gasteiger partial charge is 0.420 e. The van der Waals surface area contributed by atoms with Gasteiger partial charge >= 0.3 is 12.2 Å². The quantitative estimate of drug-likeness (QED) is 0.614. The first-order valence-electron chi connectivity index (χ1n) is 5.80. The van der Waals surface area contributed by atoms with Crippen molar-refractivity contribution in [2.45, 2.75) is 44.8 Å². The van der Waals surface area contributed by atoms with Gasteiger partial charge in [0.25, 0.3) is 5.91 Å². The van der Waals surface area contributed by atoms with Crippen LogP contribution in [0.3, 0.4) is 0 Å². The molecule has 1 fully saturated rings. The third kappa shape index (κ3) is 3.05. The van der Waals surface area contributed by atoms with Crippen molar-refractivity contribution in [2.24, 2.45) is 0 Å². The minimum Gasteiger partial charge on any atom is -0.316 e. The third-order valence-electron chi connectivity index (χ3n) is 3.00. The maximum absolute atomic E-state index is 12.7. The van der Waals surface area contributed by atoms with Crippen LogP contribution in [0.1, 0.15) is 33.1 Å². The normalized spacial score (nSPS) is 23.7. The lowest BCUT2D eigenvalue weighted by Crippen LogP contribution is -2.56. The molecule has 0 radical (unpaired) electrons. The second-order valence-electron chi connectivity index (χ2n) is 4.67. The van der Waals surface area contributed by atoms with E-state index in [1.54, 1.807) is 5.32 Å². The monoisotopic (exact) mass is 280 g/mol. The Labute approximate surface area is 108 Å². The maximum Gasteiger partial charge on any atom is 0.420 e. The highest BCUT2D eigenvalue weighted by molar-refractivity contribution is 6.07. The number of hydrogen-bond donors (Lipinski definition) is 1. The molecule has 1 aliphatic rings. The number of alkyl halides is 3. The van der Waals surface area contributed by atoms with Crippen LogP contribution in [0, 0.1) is 0 Å². The summed E-state index contributed by atoms with van der Waals surface area (Å²) in [6.45, 7) is 1.92. The van der Waals surface area contributed by atoms with E-state index in [2.05, 4.69) is 0 Å². The zero-order chi connectivity index (χ0) is 14.8. The number of hydrogen-bond acceptors (Lipinski definition) is 3. The van der Waals surface area contributed by atoms with Crippen LogP contribution < -0.4 is 5.32 Å². The predicted octanol–water partition coefficient (Wildman–Crippen LogP) is 1.62. The maximum atomic E-state index is 12.7. The van der Waals surface area contributed by atoms with Crippen molar-refractivity contribution in [3.05, 3.63) is 0 Å². The number of unbranched alkanes of at least 4 members (excludes halogenated alkanes) is 1. The third-order valence-corrected chi connectivity index (χ3v) is 3.00. The summed E-state index contributed by atoms with van der Waals surface area (Å²) in [5.41, 5.74) is -2.86. The molecule has 108 valence electrons. The number of rotatable bonds is 5. The van der Waals surface area contributed by atoms with E-state index in [9.17, 15) is 27.6 Å². The number of ketones is 1.